The molecule has 0 radical (unpaired) electrons. The Hall–Kier alpha value is -0.850. The third kappa shape index (κ3) is 4.81. The Morgan fingerprint density at radius 3 is 2.87 bits per heavy atom. The summed E-state index contributed by atoms with van der Waals surface area (Å²) in [6.07, 6.45) is 7.98. The number of amides is 2. The Labute approximate surface area is 139 Å². The van der Waals surface area contributed by atoms with Crippen LogP contribution in [-0.4, -0.2) is 80.4 Å². The van der Waals surface area contributed by atoms with E-state index in [-0.39, 0.29) is 12.1 Å². The van der Waals surface area contributed by atoms with E-state index in [1.807, 2.05) is 0 Å². The Morgan fingerprint density at radius 1 is 1.22 bits per heavy atom. The molecule has 0 aromatic rings. The predicted octanol–water partition coefficient (Wildman–Crippen LogP) is 1.02. The van der Waals surface area contributed by atoms with Crippen LogP contribution in [0, 0.1) is 0 Å². The van der Waals surface area contributed by atoms with Crippen molar-refractivity contribution in [2.45, 2.75) is 56.7 Å². The van der Waals surface area contributed by atoms with Gasteiger partial charge in [0.05, 0.1) is 12.7 Å². The number of nitrogens with zero attached hydrogens (tertiary/aromatic N) is 2. The lowest BCUT2D eigenvalue weighted by molar-refractivity contribution is -0.0457. The smallest absolute Gasteiger partial charge is 0.314 e. The molecule has 2 amide bonds. The largest absolute Gasteiger partial charge is 0.373 e. The fourth-order valence-corrected chi connectivity index (χ4v) is 4.15. The second-order valence-corrected chi connectivity index (χ2v) is 7.30. The number of carbonyl (C=O) groups is 1. The van der Waals surface area contributed by atoms with E-state index < -0.39 is 0 Å². The number of morpholine rings is 1. The number of hydrogen-bond donors (Lipinski definition) is 2. The Morgan fingerprint density at radius 2 is 2.04 bits per heavy atom. The van der Waals surface area contributed by atoms with Gasteiger partial charge in [-0.3, -0.25) is 4.90 Å². The van der Waals surface area contributed by atoms with E-state index >= 15 is 0 Å². The summed E-state index contributed by atoms with van der Waals surface area (Å²) in [7, 11) is 2.16. The molecule has 3 rings (SSSR count). The number of fused-ring (bicyclic) bond motifs is 1. The summed E-state index contributed by atoms with van der Waals surface area (Å²) in [6, 6.07) is 1.26. The third-order valence-electron chi connectivity index (χ3n) is 5.65. The lowest BCUT2D eigenvalue weighted by Gasteiger charge is -2.35. The van der Waals surface area contributed by atoms with E-state index in [1.165, 1.54) is 45.1 Å². The van der Waals surface area contributed by atoms with Gasteiger partial charge < -0.3 is 20.3 Å². The van der Waals surface area contributed by atoms with Crippen molar-refractivity contribution in [3.8, 4) is 0 Å². The molecule has 0 spiro atoms. The van der Waals surface area contributed by atoms with Gasteiger partial charge in [0.2, 0.25) is 0 Å². The van der Waals surface area contributed by atoms with E-state index in [1.54, 1.807) is 0 Å². The van der Waals surface area contributed by atoms with Crippen molar-refractivity contribution in [3.63, 3.8) is 0 Å². The van der Waals surface area contributed by atoms with Gasteiger partial charge in [-0.1, -0.05) is 12.8 Å². The van der Waals surface area contributed by atoms with E-state index in [0.717, 1.165) is 19.7 Å². The SMILES string of the molecule is CN(CCNC(=O)NCC1CN2CCCC2CO1)C1CCCC1. The topological polar surface area (TPSA) is 56.8 Å². The summed E-state index contributed by atoms with van der Waals surface area (Å²) >= 11 is 0. The van der Waals surface area contributed by atoms with Crippen molar-refractivity contribution >= 4 is 6.03 Å². The van der Waals surface area contributed by atoms with Crippen molar-refractivity contribution < 1.29 is 9.53 Å². The third-order valence-corrected chi connectivity index (χ3v) is 5.65. The van der Waals surface area contributed by atoms with Gasteiger partial charge >= 0.3 is 6.03 Å². The number of likely N-dealkylation sites (N-methyl/N-ethyl adjacent to an activating group) is 1. The highest BCUT2D eigenvalue weighted by Crippen LogP contribution is 2.22. The number of carbonyl (C=O) groups excluding carboxylic acids is 1. The molecule has 0 bridgehead atoms. The molecule has 2 saturated heterocycles. The summed E-state index contributed by atoms with van der Waals surface area (Å²) < 4.78 is 5.86. The van der Waals surface area contributed by atoms with Crippen LogP contribution >= 0.6 is 0 Å². The molecule has 132 valence electrons. The fraction of sp³-hybridized carbons (Fsp3) is 0.941. The van der Waals surface area contributed by atoms with Crippen LogP contribution in [0.15, 0.2) is 0 Å². The Balaban J connectivity index is 1.26. The van der Waals surface area contributed by atoms with Crippen molar-refractivity contribution in [2.24, 2.45) is 0 Å². The molecule has 6 nitrogen and oxygen atoms in total. The van der Waals surface area contributed by atoms with E-state index in [4.69, 9.17) is 4.74 Å². The van der Waals surface area contributed by atoms with Crippen LogP contribution in [0.4, 0.5) is 4.79 Å². The minimum Gasteiger partial charge on any atom is -0.373 e. The zero-order chi connectivity index (χ0) is 16.1. The molecule has 2 heterocycles. The summed E-state index contributed by atoms with van der Waals surface area (Å²) in [5, 5.41) is 5.92. The standard InChI is InChI=1S/C17H32N4O2/c1-20(14-5-2-3-6-14)10-8-18-17(22)19-11-16-12-21-9-4-7-15(21)13-23-16/h14-16H,2-13H2,1H3,(H2,18,19,22). The van der Waals surface area contributed by atoms with Crippen molar-refractivity contribution in [3.05, 3.63) is 0 Å². The number of rotatable bonds is 6. The van der Waals surface area contributed by atoms with Gasteiger partial charge in [-0.05, 0) is 39.3 Å². The average molecular weight is 324 g/mol. The highest BCUT2D eigenvalue weighted by Gasteiger charge is 2.32. The van der Waals surface area contributed by atoms with Gasteiger partial charge in [0.25, 0.3) is 0 Å². The number of nitrogens with one attached hydrogen (secondary N) is 2. The molecular formula is C17H32N4O2. The number of hydrogen-bond acceptors (Lipinski definition) is 4. The second-order valence-electron chi connectivity index (χ2n) is 7.30. The monoisotopic (exact) mass is 324 g/mol. The molecule has 0 aromatic heterocycles. The van der Waals surface area contributed by atoms with Gasteiger partial charge in [-0.25, -0.2) is 4.79 Å². The Kier molecular flexibility index (Phi) is 6.14. The summed E-state index contributed by atoms with van der Waals surface area (Å²) in [5.41, 5.74) is 0. The number of ether oxygens (including phenoxy) is 1. The molecule has 2 unspecified atom stereocenters. The molecule has 2 aliphatic heterocycles. The average Bonchev–Trinajstić information content (AvgIpc) is 3.23. The maximum absolute atomic E-state index is 11.9. The lowest BCUT2D eigenvalue weighted by Crippen LogP contribution is -2.51. The fourth-order valence-electron chi connectivity index (χ4n) is 4.15. The van der Waals surface area contributed by atoms with Crippen LogP contribution in [0.1, 0.15) is 38.5 Å². The first-order valence-electron chi connectivity index (χ1n) is 9.30. The molecular weight excluding hydrogens is 292 g/mol. The zero-order valence-corrected chi connectivity index (χ0v) is 14.4. The van der Waals surface area contributed by atoms with Crippen LogP contribution in [0.3, 0.4) is 0 Å². The van der Waals surface area contributed by atoms with E-state index in [0.29, 0.717) is 25.2 Å². The minimum atomic E-state index is -0.0723. The molecule has 2 N–H and O–H groups in total. The molecule has 3 fully saturated rings. The highest BCUT2D eigenvalue weighted by atomic mass is 16.5. The van der Waals surface area contributed by atoms with Gasteiger partial charge in [0.1, 0.15) is 0 Å². The van der Waals surface area contributed by atoms with E-state index in [9.17, 15) is 4.79 Å². The summed E-state index contributed by atoms with van der Waals surface area (Å²) in [5.74, 6) is 0. The van der Waals surface area contributed by atoms with Gasteiger partial charge in [0.15, 0.2) is 0 Å². The highest BCUT2D eigenvalue weighted by molar-refractivity contribution is 5.73. The zero-order valence-electron chi connectivity index (χ0n) is 14.4. The normalized spacial score (nSPS) is 29.0. The molecule has 0 aromatic carbocycles. The maximum atomic E-state index is 11.9. The quantitative estimate of drug-likeness (QED) is 0.766. The Bertz CT molecular complexity index is 387. The van der Waals surface area contributed by atoms with Crippen LogP contribution in [0.25, 0.3) is 0 Å². The molecule has 1 aliphatic carbocycles. The summed E-state index contributed by atoms with van der Waals surface area (Å²) in [4.78, 5) is 16.8. The van der Waals surface area contributed by atoms with Crippen molar-refractivity contribution in [2.75, 3.05) is 46.4 Å². The molecule has 1 saturated carbocycles. The van der Waals surface area contributed by atoms with Crippen LogP contribution in [0.5, 0.6) is 0 Å². The molecule has 2 atom stereocenters. The van der Waals surface area contributed by atoms with Gasteiger partial charge in [-0.2, -0.15) is 0 Å². The van der Waals surface area contributed by atoms with Crippen LogP contribution < -0.4 is 10.6 Å². The van der Waals surface area contributed by atoms with E-state index in [2.05, 4.69) is 27.5 Å². The van der Waals surface area contributed by atoms with Crippen molar-refractivity contribution in [1.29, 1.82) is 0 Å². The minimum absolute atomic E-state index is 0.0723. The van der Waals surface area contributed by atoms with Crippen molar-refractivity contribution in [1.82, 2.24) is 20.4 Å². The lowest BCUT2D eigenvalue weighted by atomic mass is 10.2. The van der Waals surface area contributed by atoms with Gasteiger partial charge in [-0.15, -0.1) is 0 Å². The molecule has 3 aliphatic rings. The van der Waals surface area contributed by atoms with Crippen LogP contribution in [-0.2, 0) is 4.74 Å². The second kappa shape index (κ2) is 8.31. The van der Waals surface area contributed by atoms with Crippen LogP contribution in [0.2, 0.25) is 0 Å². The maximum Gasteiger partial charge on any atom is 0.314 e. The first kappa shape index (κ1) is 17.0. The number of urea groups is 1. The predicted molar refractivity (Wildman–Crippen MR) is 90.6 cm³/mol. The molecule has 6 heteroatoms. The molecule has 23 heavy (non-hydrogen) atoms. The first-order chi connectivity index (χ1) is 11.2. The first-order valence-corrected chi connectivity index (χ1v) is 9.30. The summed E-state index contributed by atoms with van der Waals surface area (Å²) in [6.45, 7) is 5.19. The van der Waals surface area contributed by atoms with Gasteiger partial charge in [0, 0.05) is 38.3 Å².